The molecule has 2 aromatic rings. The van der Waals surface area contributed by atoms with Gasteiger partial charge in [-0.3, -0.25) is 24.6 Å². The number of furan rings is 1. The lowest BCUT2D eigenvalue weighted by molar-refractivity contribution is -0.384. The quantitative estimate of drug-likeness (QED) is 0.391. The molecule has 10 heteroatoms. The molecule has 0 spiro atoms. The Hall–Kier alpha value is -3.11. The molecule has 1 aromatic carbocycles. The summed E-state index contributed by atoms with van der Waals surface area (Å²) in [6.45, 7) is 0.414. The number of amides is 2. The van der Waals surface area contributed by atoms with E-state index in [1.807, 2.05) is 0 Å². The molecule has 1 aliphatic rings. The van der Waals surface area contributed by atoms with Gasteiger partial charge in [-0.15, -0.1) is 0 Å². The number of methoxy groups -OCH3 is 2. The summed E-state index contributed by atoms with van der Waals surface area (Å²) in [5, 5.41) is 11.0. The Morgan fingerprint density at radius 2 is 2.04 bits per heavy atom. The van der Waals surface area contributed by atoms with Crippen LogP contribution in [0.4, 0.5) is 10.5 Å². The van der Waals surface area contributed by atoms with Gasteiger partial charge >= 0.3 is 0 Å². The molecular formula is C18H16N2O7S. The summed E-state index contributed by atoms with van der Waals surface area (Å²) in [4.78, 5) is 36.4. The van der Waals surface area contributed by atoms with E-state index in [1.165, 1.54) is 32.4 Å². The zero-order valence-corrected chi connectivity index (χ0v) is 15.9. The topological polar surface area (TPSA) is 112 Å². The van der Waals surface area contributed by atoms with Gasteiger partial charge in [0.15, 0.2) is 0 Å². The predicted molar refractivity (Wildman–Crippen MR) is 102 cm³/mol. The van der Waals surface area contributed by atoms with E-state index >= 15 is 0 Å². The van der Waals surface area contributed by atoms with Crippen LogP contribution in [-0.2, 0) is 9.53 Å². The van der Waals surface area contributed by atoms with Crippen LogP contribution >= 0.6 is 11.8 Å². The maximum Gasteiger partial charge on any atom is 0.293 e. The molecule has 0 saturated carbocycles. The van der Waals surface area contributed by atoms with E-state index in [0.29, 0.717) is 11.5 Å². The Bertz CT molecular complexity index is 967. The van der Waals surface area contributed by atoms with Gasteiger partial charge in [0, 0.05) is 13.2 Å². The van der Waals surface area contributed by atoms with Gasteiger partial charge in [-0.1, -0.05) is 0 Å². The van der Waals surface area contributed by atoms with E-state index in [4.69, 9.17) is 13.9 Å². The number of carbonyl (C=O) groups is 2. The van der Waals surface area contributed by atoms with Crippen molar-refractivity contribution in [1.82, 2.24) is 4.90 Å². The molecule has 9 nitrogen and oxygen atoms in total. The molecule has 0 aliphatic carbocycles. The van der Waals surface area contributed by atoms with Crippen molar-refractivity contribution in [3.8, 4) is 17.1 Å². The van der Waals surface area contributed by atoms with Crippen LogP contribution in [-0.4, -0.2) is 48.3 Å². The van der Waals surface area contributed by atoms with Crippen molar-refractivity contribution in [2.45, 2.75) is 0 Å². The molecule has 1 aliphatic heterocycles. The number of nitro groups is 1. The second kappa shape index (κ2) is 8.28. The van der Waals surface area contributed by atoms with E-state index in [0.717, 1.165) is 16.7 Å². The molecule has 1 saturated heterocycles. The van der Waals surface area contributed by atoms with Crippen molar-refractivity contribution in [2.24, 2.45) is 0 Å². The summed E-state index contributed by atoms with van der Waals surface area (Å²) in [5.74, 6) is 0.490. The van der Waals surface area contributed by atoms with Gasteiger partial charge in [0.1, 0.15) is 17.3 Å². The van der Waals surface area contributed by atoms with Crippen LogP contribution in [0.1, 0.15) is 5.76 Å². The first kappa shape index (κ1) is 19.6. The van der Waals surface area contributed by atoms with Gasteiger partial charge in [0.25, 0.3) is 16.8 Å². The second-order valence-electron chi connectivity index (χ2n) is 5.67. The van der Waals surface area contributed by atoms with Gasteiger partial charge in [-0.2, -0.15) is 0 Å². The van der Waals surface area contributed by atoms with Crippen LogP contribution < -0.4 is 4.74 Å². The number of nitrogens with zero attached hydrogens (tertiary/aromatic N) is 2. The van der Waals surface area contributed by atoms with Gasteiger partial charge in [0.2, 0.25) is 0 Å². The number of hydrogen-bond acceptors (Lipinski definition) is 8. The first-order valence-electron chi connectivity index (χ1n) is 8.11. The average molecular weight is 404 g/mol. The smallest absolute Gasteiger partial charge is 0.293 e. The maximum absolute atomic E-state index is 12.3. The summed E-state index contributed by atoms with van der Waals surface area (Å²) >= 11 is 0.803. The molecule has 2 amide bonds. The molecular weight excluding hydrogens is 388 g/mol. The van der Waals surface area contributed by atoms with Crippen molar-refractivity contribution in [3.63, 3.8) is 0 Å². The van der Waals surface area contributed by atoms with Gasteiger partial charge in [-0.25, -0.2) is 0 Å². The summed E-state index contributed by atoms with van der Waals surface area (Å²) in [5.41, 5.74) is 0.110. The summed E-state index contributed by atoms with van der Waals surface area (Å²) < 4.78 is 15.6. The molecule has 0 N–H and O–H groups in total. The maximum atomic E-state index is 12.3. The monoisotopic (exact) mass is 404 g/mol. The predicted octanol–water partition coefficient (Wildman–Crippen LogP) is 3.55. The molecule has 3 rings (SSSR count). The highest BCUT2D eigenvalue weighted by molar-refractivity contribution is 8.18. The van der Waals surface area contributed by atoms with Crippen LogP contribution in [0.15, 0.2) is 39.7 Å². The van der Waals surface area contributed by atoms with Crippen LogP contribution in [0.5, 0.6) is 5.75 Å². The normalized spacial score (nSPS) is 15.5. The second-order valence-corrected chi connectivity index (χ2v) is 6.66. The Kier molecular flexibility index (Phi) is 5.81. The fraction of sp³-hybridized carbons (Fsp3) is 0.222. The fourth-order valence-electron chi connectivity index (χ4n) is 2.58. The molecule has 0 bridgehead atoms. The molecule has 0 unspecified atom stereocenters. The standard InChI is InChI=1S/C18H16N2O7S/c1-25-8-7-19-17(21)16(28-18(19)22)10-12-4-6-15(27-12)13-5-3-11(26-2)9-14(13)20(23)24/h3-6,9-10H,7-8H2,1-2H3/b16-10+. The molecule has 28 heavy (non-hydrogen) atoms. The molecule has 1 fully saturated rings. The van der Waals surface area contributed by atoms with E-state index in [1.54, 1.807) is 18.2 Å². The first-order valence-corrected chi connectivity index (χ1v) is 8.93. The molecule has 0 radical (unpaired) electrons. The largest absolute Gasteiger partial charge is 0.497 e. The first-order chi connectivity index (χ1) is 13.4. The van der Waals surface area contributed by atoms with Crippen LogP contribution in [0.2, 0.25) is 0 Å². The number of benzene rings is 1. The lowest BCUT2D eigenvalue weighted by Gasteiger charge is -2.10. The number of ether oxygens (including phenoxy) is 2. The van der Waals surface area contributed by atoms with Crippen LogP contribution in [0.25, 0.3) is 17.4 Å². The minimum Gasteiger partial charge on any atom is -0.497 e. The van der Waals surface area contributed by atoms with E-state index in [9.17, 15) is 19.7 Å². The van der Waals surface area contributed by atoms with Gasteiger partial charge in [-0.05, 0) is 36.0 Å². The molecule has 2 heterocycles. The van der Waals surface area contributed by atoms with Gasteiger partial charge in [0.05, 0.1) is 41.7 Å². The lowest BCUT2D eigenvalue weighted by atomic mass is 10.1. The van der Waals surface area contributed by atoms with Crippen molar-refractivity contribution >= 4 is 34.7 Å². The van der Waals surface area contributed by atoms with E-state index in [-0.39, 0.29) is 40.3 Å². The third-order valence-corrected chi connectivity index (χ3v) is 4.87. The third kappa shape index (κ3) is 3.92. The lowest BCUT2D eigenvalue weighted by Crippen LogP contribution is -2.31. The number of hydrogen-bond donors (Lipinski definition) is 0. The van der Waals surface area contributed by atoms with E-state index < -0.39 is 10.8 Å². The molecule has 0 atom stereocenters. The summed E-state index contributed by atoms with van der Waals surface area (Å²) in [7, 11) is 2.90. The van der Waals surface area contributed by atoms with Crippen molar-refractivity contribution in [2.75, 3.05) is 27.4 Å². The highest BCUT2D eigenvalue weighted by atomic mass is 32.2. The minimum atomic E-state index is -0.527. The highest BCUT2D eigenvalue weighted by Gasteiger charge is 2.35. The van der Waals surface area contributed by atoms with Crippen molar-refractivity contribution in [1.29, 1.82) is 0 Å². The van der Waals surface area contributed by atoms with Crippen molar-refractivity contribution < 1.29 is 28.4 Å². The number of nitro benzene ring substituents is 1. The minimum absolute atomic E-state index is 0.167. The Labute approximate surface area is 164 Å². The zero-order valence-electron chi connectivity index (χ0n) is 15.0. The summed E-state index contributed by atoms with van der Waals surface area (Å²) in [6.07, 6.45) is 1.44. The third-order valence-electron chi connectivity index (χ3n) is 3.96. The number of imide groups is 1. The average Bonchev–Trinajstić information content (AvgIpc) is 3.25. The van der Waals surface area contributed by atoms with Crippen LogP contribution in [0.3, 0.4) is 0 Å². The molecule has 146 valence electrons. The highest BCUT2D eigenvalue weighted by Crippen LogP contribution is 2.36. The molecule has 1 aromatic heterocycles. The Balaban J connectivity index is 1.87. The SMILES string of the molecule is COCCN1C(=O)S/C(=C/c2ccc(-c3ccc(OC)cc3[N+](=O)[O-])o2)C1=O. The van der Waals surface area contributed by atoms with Crippen LogP contribution in [0, 0.1) is 10.1 Å². The number of rotatable bonds is 7. The Morgan fingerprint density at radius 3 is 2.71 bits per heavy atom. The van der Waals surface area contributed by atoms with Crippen molar-refractivity contribution in [3.05, 3.63) is 51.1 Å². The van der Waals surface area contributed by atoms with E-state index in [2.05, 4.69) is 0 Å². The fourth-order valence-corrected chi connectivity index (χ4v) is 3.42. The number of thioether (sulfide) groups is 1. The summed E-state index contributed by atoms with van der Waals surface area (Å²) in [6, 6.07) is 7.56. The number of carbonyl (C=O) groups excluding carboxylic acids is 2. The Morgan fingerprint density at radius 1 is 1.25 bits per heavy atom. The zero-order chi connectivity index (χ0) is 20.3. The van der Waals surface area contributed by atoms with Gasteiger partial charge < -0.3 is 13.9 Å².